The van der Waals surface area contributed by atoms with Gasteiger partial charge in [-0.05, 0) is 19.1 Å². The number of nitrogens with one attached hydrogen (secondary N) is 1. The lowest BCUT2D eigenvalue weighted by molar-refractivity contribution is -0.214. The van der Waals surface area contributed by atoms with Gasteiger partial charge >= 0.3 is 5.97 Å². The summed E-state index contributed by atoms with van der Waals surface area (Å²) in [5.74, 6) is -14.2. The molecule has 1 aromatic carbocycles. The van der Waals surface area contributed by atoms with Crippen LogP contribution in [0.2, 0.25) is 0 Å². The monoisotopic (exact) mass is 549 g/mol. The van der Waals surface area contributed by atoms with E-state index in [9.17, 15) is 46.9 Å². The first-order valence-corrected chi connectivity index (χ1v) is 11.8. The van der Waals surface area contributed by atoms with Crippen LogP contribution in [-0.4, -0.2) is 83.1 Å². The summed E-state index contributed by atoms with van der Waals surface area (Å²) in [6, 6.07) is -0.986. The van der Waals surface area contributed by atoms with Gasteiger partial charge in [-0.1, -0.05) is 0 Å². The number of carbonyl (C=O) groups excluding carboxylic acids is 2. The van der Waals surface area contributed by atoms with Crippen molar-refractivity contribution >= 4 is 23.6 Å². The molecule has 2 unspecified atom stereocenters. The standard InChI is InChI=1S/C21H28F5NO8S/c1-10(30)13(9-29)34-21(12(8-28)27-11(2)31)33-5-3-6-36-7-4-14(32)35-20-18(25)16(23)15(22)17(24)19(20)26/h10,12-13,21,28-30H,3-9H2,1-2H3,(H,27,31)/t10-,12+,13?,21?/m1/s1. The molecule has 36 heavy (non-hydrogen) atoms. The van der Waals surface area contributed by atoms with Gasteiger partial charge in [0.1, 0.15) is 12.1 Å². The van der Waals surface area contributed by atoms with Gasteiger partial charge in [0.25, 0.3) is 0 Å². The molecule has 4 N–H and O–H groups in total. The van der Waals surface area contributed by atoms with Gasteiger partial charge in [-0.15, -0.1) is 0 Å². The largest absolute Gasteiger partial charge is 0.420 e. The Morgan fingerprint density at radius 2 is 1.56 bits per heavy atom. The third-order valence-electron chi connectivity index (χ3n) is 4.49. The van der Waals surface area contributed by atoms with Crippen molar-refractivity contribution < 1.29 is 61.1 Å². The summed E-state index contributed by atoms with van der Waals surface area (Å²) in [6.45, 7) is 1.53. The molecule has 0 spiro atoms. The van der Waals surface area contributed by atoms with Gasteiger partial charge in [0.05, 0.1) is 32.3 Å². The molecule has 0 radical (unpaired) electrons. The van der Waals surface area contributed by atoms with E-state index in [1.807, 2.05) is 0 Å². The number of hydrogen-bond donors (Lipinski definition) is 4. The van der Waals surface area contributed by atoms with Crippen molar-refractivity contribution in [1.82, 2.24) is 5.32 Å². The Labute approximate surface area is 207 Å². The smallest absolute Gasteiger partial charge is 0.312 e. The van der Waals surface area contributed by atoms with E-state index in [-0.39, 0.29) is 12.4 Å². The predicted molar refractivity (Wildman–Crippen MR) is 116 cm³/mol. The van der Waals surface area contributed by atoms with Gasteiger partial charge in [0.2, 0.25) is 40.7 Å². The van der Waals surface area contributed by atoms with Gasteiger partial charge < -0.3 is 34.8 Å². The minimum atomic E-state index is -2.37. The molecule has 0 saturated carbocycles. The van der Waals surface area contributed by atoms with Gasteiger partial charge in [-0.2, -0.15) is 20.5 Å². The van der Waals surface area contributed by atoms with Crippen LogP contribution in [0, 0.1) is 29.1 Å². The van der Waals surface area contributed by atoms with E-state index in [1.54, 1.807) is 0 Å². The number of benzene rings is 1. The fourth-order valence-corrected chi connectivity index (χ4v) is 3.49. The topological polar surface area (TPSA) is 135 Å². The molecule has 0 aliphatic heterocycles. The second-order valence-electron chi connectivity index (χ2n) is 7.42. The molecule has 0 aromatic heterocycles. The van der Waals surface area contributed by atoms with E-state index in [0.29, 0.717) is 12.2 Å². The molecule has 0 heterocycles. The number of carbonyl (C=O) groups is 2. The lowest BCUT2D eigenvalue weighted by atomic mass is 10.2. The average Bonchev–Trinajstić information content (AvgIpc) is 2.83. The van der Waals surface area contributed by atoms with Crippen LogP contribution in [0.1, 0.15) is 26.7 Å². The fourth-order valence-electron chi connectivity index (χ4n) is 2.65. The van der Waals surface area contributed by atoms with E-state index in [1.165, 1.54) is 25.6 Å². The van der Waals surface area contributed by atoms with Crippen molar-refractivity contribution in [3.05, 3.63) is 29.1 Å². The van der Waals surface area contributed by atoms with E-state index < -0.39 is 90.9 Å². The number of halogens is 5. The maximum Gasteiger partial charge on any atom is 0.312 e. The van der Waals surface area contributed by atoms with Crippen LogP contribution in [-0.2, 0) is 19.1 Å². The Morgan fingerprint density at radius 3 is 2.06 bits per heavy atom. The fraction of sp³-hybridized carbons (Fsp3) is 0.619. The first-order valence-electron chi connectivity index (χ1n) is 10.7. The molecule has 1 aromatic rings. The Balaban J connectivity index is 2.50. The van der Waals surface area contributed by atoms with Gasteiger partial charge in [0, 0.05) is 12.7 Å². The molecule has 0 saturated heterocycles. The highest BCUT2D eigenvalue weighted by Gasteiger charge is 2.29. The van der Waals surface area contributed by atoms with Crippen molar-refractivity contribution in [2.45, 2.75) is 51.2 Å². The number of aliphatic hydroxyl groups is 3. The number of thioether (sulfide) groups is 1. The second-order valence-corrected chi connectivity index (χ2v) is 8.64. The predicted octanol–water partition coefficient (Wildman–Crippen LogP) is 1.40. The molecule has 0 bridgehead atoms. The average molecular weight is 550 g/mol. The summed E-state index contributed by atoms with van der Waals surface area (Å²) in [4.78, 5) is 23.1. The number of esters is 1. The first kappa shape index (κ1) is 32.0. The zero-order chi connectivity index (χ0) is 27.4. The zero-order valence-corrected chi connectivity index (χ0v) is 20.3. The quantitative estimate of drug-likeness (QED) is 0.0459. The van der Waals surface area contributed by atoms with E-state index >= 15 is 0 Å². The number of ether oxygens (including phenoxy) is 3. The summed E-state index contributed by atoms with van der Waals surface area (Å²) in [5.41, 5.74) is 0. The summed E-state index contributed by atoms with van der Waals surface area (Å²) in [5, 5.41) is 30.9. The minimum Gasteiger partial charge on any atom is -0.420 e. The number of hydrogen-bond acceptors (Lipinski definition) is 9. The molecule has 1 amide bonds. The summed E-state index contributed by atoms with van der Waals surface area (Å²) in [7, 11) is 0. The van der Waals surface area contributed by atoms with Crippen LogP contribution in [0.3, 0.4) is 0 Å². The van der Waals surface area contributed by atoms with Crippen LogP contribution in [0.15, 0.2) is 0 Å². The number of amides is 1. The Morgan fingerprint density at radius 1 is 0.972 bits per heavy atom. The van der Waals surface area contributed by atoms with Crippen molar-refractivity contribution in [1.29, 1.82) is 0 Å². The highest BCUT2D eigenvalue weighted by atomic mass is 32.2. The second kappa shape index (κ2) is 15.9. The van der Waals surface area contributed by atoms with E-state index in [4.69, 9.17) is 9.47 Å². The van der Waals surface area contributed by atoms with Gasteiger partial charge in [0.15, 0.2) is 6.29 Å². The lowest BCUT2D eigenvalue weighted by Gasteiger charge is -2.30. The van der Waals surface area contributed by atoms with E-state index in [0.717, 1.165) is 0 Å². The summed E-state index contributed by atoms with van der Waals surface area (Å²) >= 11 is 1.19. The third kappa shape index (κ3) is 9.78. The Bertz CT molecular complexity index is 850. The van der Waals surface area contributed by atoms with Gasteiger partial charge in [-0.25, -0.2) is 13.2 Å². The molecular formula is C21H28F5NO8S. The van der Waals surface area contributed by atoms with E-state index in [2.05, 4.69) is 10.1 Å². The van der Waals surface area contributed by atoms with Crippen LogP contribution in [0.4, 0.5) is 22.0 Å². The van der Waals surface area contributed by atoms with Crippen LogP contribution >= 0.6 is 11.8 Å². The Kier molecular flexibility index (Phi) is 14.2. The van der Waals surface area contributed by atoms with Crippen LogP contribution in [0.5, 0.6) is 5.75 Å². The molecule has 1 rings (SSSR count). The third-order valence-corrected chi connectivity index (χ3v) is 5.56. The minimum absolute atomic E-state index is 0.0424. The molecule has 206 valence electrons. The highest BCUT2D eigenvalue weighted by Crippen LogP contribution is 2.29. The molecule has 0 aliphatic carbocycles. The van der Waals surface area contributed by atoms with Crippen molar-refractivity contribution in [3.8, 4) is 5.75 Å². The zero-order valence-electron chi connectivity index (χ0n) is 19.4. The SMILES string of the molecule is CC(=O)N[C@@H](CO)C(OCCCSCCC(=O)Oc1c(F)c(F)c(F)c(F)c1F)OC(CO)[C@@H](C)O. The molecule has 4 atom stereocenters. The highest BCUT2D eigenvalue weighted by molar-refractivity contribution is 7.99. The molecule has 15 heteroatoms. The van der Waals surface area contributed by atoms with Gasteiger partial charge in [-0.3, -0.25) is 9.59 Å². The van der Waals surface area contributed by atoms with Crippen molar-refractivity contribution in [2.24, 2.45) is 0 Å². The van der Waals surface area contributed by atoms with Crippen molar-refractivity contribution in [3.63, 3.8) is 0 Å². The summed E-state index contributed by atoms with van der Waals surface area (Å²) in [6.07, 6.45) is -3.34. The van der Waals surface area contributed by atoms with Crippen molar-refractivity contribution in [2.75, 3.05) is 31.3 Å². The normalized spacial score (nSPS) is 14.7. The maximum atomic E-state index is 13.6. The molecule has 9 nitrogen and oxygen atoms in total. The molecule has 0 aliphatic rings. The summed E-state index contributed by atoms with van der Waals surface area (Å²) < 4.78 is 81.8. The van der Waals surface area contributed by atoms with Crippen LogP contribution in [0.25, 0.3) is 0 Å². The number of rotatable bonds is 16. The Hall–Kier alpha value is -2.04. The number of aliphatic hydroxyl groups excluding tert-OH is 3. The maximum absolute atomic E-state index is 13.6. The molecule has 0 fully saturated rings. The lowest BCUT2D eigenvalue weighted by Crippen LogP contribution is -2.50. The first-order chi connectivity index (χ1) is 16.9. The molecular weight excluding hydrogens is 521 g/mol. The van der Waals surface area contributed by atoms with Crippen LogP contribution < -0.4 is 10.1 Å².